The van der Waals surface area contributed by atoms with E-state index in [0.29, 0.717) is 15.8 Å². The van der Waals surface area contributed by atoms with E-state index in [1.807, 2.05) is 0 Å². The molecule has 12 heteroatoms. The fourth-order valence-corrected chi connectivity index (χ4v) is 4.37. The number of methoxy groups -OCH3 is 1. The zero-order valence-corrected chi connectivity index (χ0v) is 19.2. The normalized spacial score (nSPS) is 13.5. The number of alkyl halides is 3. The molecule has 0 aliphatic rings. The van der Waals surface area contributed by atoms with E-state index in [0.717, 1.165) is 13.0 Å². The van der Waals surface area contributed by atoms with Gasteiger partial charge in [0.2, 0.25) is 0 Å². The van der Waals surface area contributed by atoms with Gasteiger partial charge in [-0.1, -0.05) is 12.1 Å². The molecule has 0 bridgehead atoms. The summed E-state index contributed by atoms with van der Waals surface area (Å²) in [6.07, 6.45) is -3.74. The van der Waals surface area contributed by atoms with Crippen molar-refractivity contribution in [2.45, 2.75) is 24.4 Å². The zero-order chi connectivity index (χ0) is 25.3. The molecule has 2 atom stereocenters. The van der Waals surface area contributed by atoms with Crippen LogP contribution in [0.4, 0.5) is 23.4 Å². The lowest BCUT2D eigenvalue weighted by Crippen LogP contribution is -2.23. The Labute approximate surface area is 198 Å². The van der Waals surface area contributed by atoms with Gasteiger partial charge in [0.05, 0.1) is 29.1 Å². The number of nitrogens with one attached hydrogen (secondary N) is 1. The summed E-state index contributed by atoms with van der Waals surface area (Å²) < 4.78 is 80.3. The van der Waals surface area contributed by atoms with Crippen molar-refractivity contribution in [3.05, 3.63) is 76.5 Å². The van der Waals surface area contributed by atoms with Gasteiger partial charge < -0.3 is 9.26 Å². The van der Waals surface area contributed by atoms with E-state index in [4.69, 9.17) is 9.26 Å². The van der Waals surface area contributed by atoms with Crippen LogP contribution in [-0.2, 0) is 17.4 Å². The monoisotopic (exact) mass is 509 g/mol. The van der Waals surface area contributed by atoms with Gasteiger partial charge in [0, 0.05) is 23.6 Å². The topological polar surface area (TPSA) is 86.4 Å². The Kier molecular flexibility index (Phi) is 6.66. The fraction of sp³-hybridized carbons (Fsp3) is 0.217. The van der Waals surface area contributed by atoms with E-state index >= 15 is 0 Å². The highest BCUT2D eigenvalue weighted by atomic mass is 32.2. The van der Waals surface area contributed by atoms with Crippen molar-refractivity contribution < 1.29 is 31.0 Å². The summed E-state index contributed by atoms with van der Waals surface area (Å²) in [6, 6.07) is 11.0. The van der Waals surface area contributed by atoms with Crippen molar-refractivity contribution in [3.63, 3.8) is 0 Å². The average Bonchev–Trinajstić information content (AvgIpc) is 3.32. The van der Waals surface area contributed by atoms with Gasteiger partial charge in [0.15, 0.2) is 16.8 Å². The molecular weight excluding hydrogens is 490 g/mol. The van der Waals surface area contributed by atoms with Gasteiger partial charge in [0.25, 0.3) is 5.56 Å². The molecule has 2 aromatic heterocycles. The van der Waals surface area contributed by atoms with Crippen molar-refractivity contribution in [1.82, 2.24) is 9.72 Å². The van der Waals surface area contributed by atoms with Gasteiger partial charge in [-0.3, -0.25) is 14.1 Å². The van der Waals surface area contributed by atoms with Crippen LogP contribution in [-0.4, -0.2) is 27.2 Å². The number of aromatic nitrogens is 2. The molecule has 2 unspecified atom stereocenters. The van der Waals surface area contributed by atoms with Crippen LogP contribution in [0.15, 0.2) is 69.0 Å². The molecule has 0 radical (unpaired) electrons. The van der Waals surface area contributed by atoms with Crippen LogP contribution in [0.2, 0.25) is 0 Å². The molecule has 0 amide bonds. The second-order valence-corrected chi connectivity index (χ2v) is 8.96. The van der Waals surface area contributed by atoms with Gasteiger partial charge in [-0.25, -0.2) is 8.60 Å². The number of fused-ring (bicyclic) bond motifs is 1. The number of nitrogens with zero attached hydrogens (tertiary/aromatic N) is 2. The third-order valence-electron chi connectivity index (χ3n) is 5.39. The first kappa shape index (κ1) is 24.5. The summed E-state index contributed by atoms with van der Waals surface area (Å²) in [6.45, 7) is 0.966. The number of benzene rings is 2. The number of ether oxygens (including phenoxy) is 1. The molecule has 4 aromatic rings. The van der Waals surface area contributed by atoms with Crippen molar-refractivity contribution in [3.8, 4) is 11.4 Å². The molecule has 0 saturated heterocycles. The molecule has 0 aliphatic carbocycles. The van der Waals surface area contributed by atoms with Crippen molar-refractivity contribution >= 4 is 27.7 Å². The summed E-state index contributed by atoms with van der Waals surface area (Å²) in [5.74, 6) is -2.35. The Bertz CT molecular complexity index is 1450. The molecular formula is C23H19F4N3O4S. The molecule has 0 fully saturated rings. The summed E-state index contributed by atoms with van der Waals surface area (Å²) in [5, 5.41) is 4.15. The summed E-state index contributed by atoms with van der Waals surface area (Å²) in [7, 11) is -0.409. The Morgan fingerprint density at radius 1 is 1.17 bits per heavy atom. The van der Waals surface area contributed by atoms with Crippen LogP contribution in [0.3, 0.4) is 0 Å². The van der Waals surface area contributed by atoms with E-state index in [9.17, 15) is 26.6 Å². The van der Waals surface area contributed by atoms with Gasteiger partial charge in [0.1, 0.15) is 17.8 Å². The minimum absolute atomic E-state index is 0.0265. The van der Waals surface area contributed by atoms with E-state index in [1.165, 1.54) is 54.3 Å². The standard InChI is InChI=1S/C23H19F4N3O4S/c1-13(23(25,26)27)9-15-11-20(33-2)19(12-17(15)24)30-18-5-4-16(10-14(18)3-6-22(30)31)35(32)29-21-7-8-34-28-21/h3-8,10-13H,9H2,1-2H3,(H,28,29). The SMILES string of the molecule is COc1cc(CC(C)C(F)(F)F)c(F)cc1-n1c(=O)ccc2cc(S(=O)Nc3ccon3)ccc21. The molecule has 4 rings (SSSR count). The van der Waals surface area contributed by atoms with Crippen LogP contribution in [0, 0.1) is 11.7 Å². The lowest BCUT2D eigenvalue weighted by molar-refractivity contribution is -0.169. The fourth-order valence-electron chi connectivity index (χ4n) is 3.53. The van der Waals surface area contributed by atoms with Gasteiger partial charge in [-0.2, -0.15) is 13.2 Å². The highest BCUT2D eigenvalue weighted by molar-refractivity contribution is 7.86. The highest BCUT2D eigenvalue weighted by Gasteiger charge is 2.36. The molecule has 1 N–H and O–H groups in total. The Morgan fingerprint density at radius 3 is 2.60 bits per heavy atom. The minimum atomic E-state index is -4.48. The number of hydrogen-bond acceptors (Lipinski definition) is 5. The van der Waals surface area contributed by atoms with E-state index in [-0.39, 0.29) is 22.8 Å². The van der Waals surface area contributed by atoms with Gasteiger partial charge in [-0.05, 0) is 42.3 Å². The second kappa shape index (κ2) is 9.53. The molecule has 2 aromatic carbocycles. The Balaban J connectivity index is 1.77. The smallest absolute Gasteiger partial charge is 0.391 e. The third kappa shape index (κ3) is 5.06. The lowest BCUT2D eigenvalue weighted by atomic mass is 9.99. The molecule has 0 spiro atoms. The van der Waals surface area contributed by atoms with Crippen molar-refractivity contribution in [2.75, 3.05) is 11.8 Å². The first-order valence-corrected chi connectivity index (χ1v) is 11.4. The van der Waals surface area contributed by atoms with Crippen molar-refractivity contribution in [2.24, 2.45) is 5.92 Å². The second-order valence-electron chi connectivity index (χ2n) is 7.75. The van der Waals surface area contributed by atoms with Crippen LogP contribution in [0.25, 0.3) is 16.6 Å². The van der Waals surface area contributed by atoms with E-state index in [1.54, 1.807) is 6.07 Å². The van der Waals surface area contributed by atoms with Crippen LogP contribution >= 0.6 is 0 Å². The molecule has 0 saturated carbocycles. The van der Waals surface area contributed by atoms with Crippen molar-refractivity contribution in [1.29, 1.82) is 0 Å². The maximum absolute atomic E-state index is 14.9. The minimum Gasteiger partial charge on any atom is -0.495 e. The summed E-state index contributed by atoms with van der Waals surface area (Å²) in [4.78, 5) is 13.2. The maximum atomic E-state index is 14.9. The highest BCUT2D eigenvalue weighted by Crippen LogP contribution is 2.33. The predicted octanol–water partition coefficient (Wildman–Crippen LogP) is 5.00. The summed E-state index contributed by atoms with van der Waals surface area (Å²) in [5.41, 5.74) is -0.311. The lowest BCUT2D eigenvalue weighted by Gasteiger charge is -2.19. The number of anilines is 1. The number of rotatable bonds is 7. The molecule has 7 nitrogen and oxygen atoms in total. The zero-order valence-electron chi connectivity index (χ0n) is 18.4. The van der Waals surface area contributed by atoms with Crippen LogP contribution < -0.4 is 15.0 Å². The number of halogens is 4. The summed E-state index contributed by atoms with van der Waals surface area (Å²) >= 11 is 0. The van der Waals surface area contributed by atoms with Crippen LogP contribution in [0.5, 0.6) is 5.75 Å². The Hall–Kier alpha value is -3.67. The first-order valence-electron chi connectivity index (χ1n) is 10.3. The molecule has 0 aliphatic heterocycles. The largest absolute Gasteiger partial charge is 0.495 e. The van der Waals surface area contributed by atoms with Gasteiger partial charge in [-0.15, -0.1) is 0 Å². The Morgan fingerprint density at radius 2 is 1.94 bits per heavy atom. The quantitative estimate of drug-likeness (QED) is 0.355. The molecule has 2 heterocycles. The maximum Gasteiger partial charge on any atom is 0.391 e. The number of pyridine rings is 1. The van der Waals surface area contributed by atoms with Gasteiger partial charge >= 0.3 is 6.18 Å². The average molecular weight is 509 g/mol. The third-order valence-corrected chi connectivity index (χ3v) is 6.47. The van der Waals surface area contributed by atoms with Crippen LogP contribution in [0.1, 0.15) is 12.5 Å². The van der Waals surface area contributed by atoms with E-state index < -0.39 is 40.9 Å². The molecule has 35 heavy (non-hydrogen) atoms. The predicted molar refractivity (Wildman–Crippen MR) is 122 cm³/mol. The number of hydrogen-bond donors (Lipinski definition) is 1. The first-order chi connectivity index (χ1) is 16.6. The molecule has 184 valence electrons. The van der Waals surface area contributed by atoms with E-state index in [2.05, 4.69) is 9.88 Å².